The zero-order valence-corrected chi connectivity index (χ0v) is 20.5. The summed E-state index contributed by atoms with van der Waals surface area (Å²) in [5.41, 5.74) is 5.22. The van der Waals surface area contributed by atoms with Gasteiger partial charge in [0.25, 0.3) is 0 Å². The minimum absolute atomic E-state index is 0.0366. The summed E-state index contributed by atoms with van der Waals surface area (Å²) < 4.78 is 0. The van der Waals surface area contributed by atoms with E-state index in [-0.39, 0.29) is 30.6 Å². The Hall–Kier alpha value is -3.12. The predicted molar refractivity (Wildman–Crippen MR) is 135 cm³/mol. The van der Waals surface area contributed by atoms with Gasteiger partial charge in [0, 0.05) is 23.2 Å². The van der Waals surface area contributed by atoms with Crippen molar-refractivity contribution in [2.24, 2.45) is 0 Å². The summed E-state index contributed by atoms with van der Waals surface area (Å²) in [6.45, 7) is 8.59. The number of rotatable bonds is 5. The molecule has 0 bridgehead atoms. The molecule has 0 fully saturated rings. The maximum Gasteiger partial charge on any atom is 0.322 e. The lowest BCUT2D eigenvalue weighted by molar-refractivity contribution is -0.134. The minimum atomic E-state index is -0.253. The van der Waals surface area contributed by atoms with Crippen molar-refractivity contribution >= 4 is 29.0 Å². The third-order valence-electron chi connectivity index (χ3n) is 6.44. The van der Waals surface area contributed by atoms with E-state index in [0.29, 0.717) is 6.54 Å². The van der Waals surface area contributed by atoms with Gasteiger partial charge in [-0.2, -0.15) is 0 Å². The number of amides is 3. The Bertz CT molecular complexity index is 1140. The monoisotopic (exact) mass is 461 g/mol. The number of fused-ring (bicyclic) bond motifs is 1. The highest BCUT2D eigenvalue weighted by Gasteiger charge is 2.34. The van der Waals surface area contributed by atoms with Crippen molar-refractivity contribution in [3.8, 4) is 0 Å². The first-order chi connectivity index (χ1) is 15.9. The molecule has 1 atom stereocenters. The van der Waals surface area contributed by atoms with E-state index in [0.717, 1.165) is 28.8 Å². The Morgan fingerprint density at radius 1 is 1.09 bits per heavy atom. The van der Waals surface area contributed by atoms with E-state index >= 15 is 0 Å². The second-order valence-corrected chi connectivity index (χ2v) is 9.85. The number of anilines is 1. The first kappa shape index (κ1) is 23.1. The fraction of sp³-hybridized carbons (Fsp3) is 0.333. The highest BCUT2D eigenvalue weighted by Crippen LogP contribution is 2.37. The third-order valence-corrected chi connectivity index (χ3v) is 7.43. The summed E-state index contributed by atoms with van der Waals surface area (Å²) in [6, 6.07) is 17.7. The number of urea groups is 1. The lowest BCUT2D eigenvalue weighted by Gasteiger charge is -2.38. The molecule has 3 aromatic rings. The smallest absolute Gasteiger partial charge is 0.322 e. The average Bonchev–Trinajstić information content (AvgIpc) is 3.29. The molecular formula is C27H31N3O2S. The fourth-order valence-electron chi connectivity index (χ4n) is 4.38. The number of thiophene rings is 1. The number of carbonyl (C=O) groups is 2. The van der Waals surface area contributed by atoms with Crippen LogP contribution in [0.15, 0.2) is 60.0 Å². The third kappa shape index (κ3) is 4.81. The Morgan fingerprint density at radius 3 is 2.58 bits per heavy atom. The molecule has 0 saturated carbocycles. The SMILES string of the molecule is Cc1cccc(NC(=O)N(CC(=O)N2CCc3sccc3C2c2ccccc2)C(C)C)c1C. The second-order valence-electron chi connectivity index (χ2n) is 8.85. The van der Waals surface area contributed by atoms with E-state index in [1.54, 1.807) is 16.2 Å². The summed E-state index contributed by atoms with van der Waals surface area (Å²) in [5.74, 6) is -0.0366. The van der Waals surface area contributed by atoms with Gasteiger partial charge in [0.2, 0.25) is 5.91 Å². The molecule has 6 heteroatoms. The number of carbonyl (C=O) groups excluding carboxylic acids is 2. The lowest BCUT2D eigenvalue weighted by Crippen LogP contribution is -2.49. The molecule has 1 aliphatic heterocycles. The van der Waals surface area contributed by atoms with Gasteiger partial charge in [0.15, 0.2) is 0 Å². The number of aryl methyl sites for hydroxylation is 1. The van der Waals surface area contributed by atoms with Crippen molar-refractivity contribution in [1.82, 2.24) is 9.80 Å². The fourth-order valence-corrected chi connectivity index (χ4v) is 5.28. The van der Waals surface area contributed by atoms with E-state index in [1.807, 2.05) is 69.0 Å². The maximum atomic E-state index is 13.6. The molecule has 0 aliphatic carbocycles. The van der Waals surface area contributed by atoms with E-state index < -0.39 is 0 Å². The molecule has 0 saturated heterocycles. The van der Waals surface area contributed by atoms with Gasteiger partial charge in [-0.05, 0) is 73.9 Å². The summed E-state index contributed by atoms with van der Waals surface area (Å²) in [5, 5.41) is 5.12. The molecule has 3 amide bonds. The lowest BCUT2D eigenvalue weighted by atomic mass is 9.93. The molecule has 1 N–H and O–H groups in total. The molecule has 5 nitrogen and oxygen atoms in total. The number of nitrogens with one attached hydrogen (secondary N) is 1. The van der Waals surface area contributed by atoms with Crippen LogP contribution < -0.4 is 5.32 Å². The normalized spacial score (nSPS) is 15.3. The van der Waals surface area contributed by atoms with Crippen LogP contribution in [0.3, 0.4) is 0 Å². The molecule has 2 aromatic carbocycles. The molecule has 1 unspecified atom stereocenters. The van der Waals surface area contributed by atoms with Gasteiger partial charge in [-0.3, -0.25) is 4.79 Å². The van der Waals surface area contributed by atoms with E-state index in [9.17, 15) is 9.59 Å². The number of nitrogens with zero attached hydrogens (tertiary/aromatic N) is 2. The highest BCUT2D eigenvalue weighted by molar-refractivity contribution is 7.10. The Labute approximate surface area is 200 Å². The van der Waals surface area contributed by atoms with Gasteiger partial charge < -0.3 is 15.1 Å². The standard InChI is InChI=1S/C27H31N3O2S/c1-18(2)30(27(32)28-23-12-8-9-19(3)20(23)4)17-25(31)29-15-13-24-22(14-16-33-24)26(29)21-10-6-5-7-11-21/h5-12,14,16,18,26H,13,15,17H2,1-4H3,(H,28,32). The average molecular weight is 462 g/mol. The van der Waals surface area contributed by atoms with Gasteiger partial charge in [0.05, 0.1) is 6.04 Å². The molecule has 1 aliphatic rings. The molecule has 33 heavy (non-hydrogen) atoms. The number of benzene rings is 2. The van der Waals surface area contributed by atoms with E-state index in [2.05, 4.69) is 28.9 Å². The minimum Gasteiger partial charge on any atom is -0.330 e. The van der Waals surface area contributed by atoms with Gasteiger partial charge in [-0.15, -0.1) is 11.3 Å². The Balaban J connectivity index is 1.56. The number of hydrogen-bond acceptors (Lipinski definition) is 3. The quantitative estimate of drug-likeness (QED) is 0.523. The first-order valence-electron chi connectivity index (χ1n) is 11.4. The summed E-state index contributed by atoms with van der Waals surface area (Å²) in [6.07, 6.45) is 0.846. The predicted octanol–water partition coefficient (Wildman–Crippen LogP) is 5.78. The van der Waals surface area contributed by atoms with Crippen molar-refractivity contribution in [3.63, 3.8) is 0 Å². The van der Waals surface area contributed by atoms with Crippen LogP contribution in [0, 0.1) is 13.8 Å². The Morgan fingerprint density at radius 2 is 1.85 bits per heavy atom. The van der Waals surface area contributed by atoms with Crippen LogP contribution in [0.5, 0.6) is 0 Å². The topological polar surface area (TPSA) is 52.7 Å². The molecule has 4 rings (SSSR count). The first-order valence-corrected chi connectivity index (χ1v) is 12.3. The van der Waals surface area contributed by atoms with E-state index in [1.165, 1.54) is 10.4 Å². The van der Waals surface area contributed by atoms with Crippen LogP contribution in [0.25, 0.3) is 0 Å². The molecule has 0 spiro atoms. The zero-order valence-electron chi connectivity index (χ0n) is 19.7. The molecule has 0 radical (unpaired) electrons. The summed E-state index contributed by atoms with van der Waals surface area (Å²) in [4.78, 5) is 31.7. The van der Waals surface area contributed by atoms with Crippen LogP contribution in [0.2, 0.25) is 0 Å². The van der Waals surface area contributed by atoms with Crippen LogP contribution in [0.1, 0.15) is 47.0 Å². The van der Waals surface area contributed by atoms with Crippen LogP contribution >= 0.6 is 11.3 Å². The largest absolute Gasteiger partial charge is 0.330 e. The molecule has 2 heterocycles. The van der Waals surface area contributed by atoms with Crippen molar-refractivity contribution in [3.05, 3.63) is 87.1 Å². The van der Waals surface area contributed by atoms with Crippen molar-refractivity contribution in [1.29, 1.82) is 0 Å². The van der Waals surface area contributed by atoms with Crippen LogP contribution in [-0.2, 0) is 11.2 Å². The molecule has 172 valence electrons. The van der Waals surface area contributed by atoms with Crippen LogP contribution in [-0.4, -0.2) is 40.9 Å². The van der Waals surface area contributed by atoms with Gasteiger partial charge >= 0.3 is 6.03 Å². The van der Waals surface area contributed by atoms with Crippen molar-refractivity contribution in [2.75, 3.05) is 18.4 Å². The van der Waals surface area contributed by atoms with Crippen molar-refractivity contribution in [2.45, 2.75) is 46.2 Å². The van der Waals surface area contributed by atoms with E-state index in [4.69, 9.17) is 0 Å². The zero-order chi connectivity index (χ0) is 23.5. The van der Waals surface area contributed by atoms with Crippen molar-refractivity contribution < 1.29 is 9.59 Å². The Kier molecular flexibility index (Phi) is 6.84. The molecular weight excluding hydrogens is 430 g/mol. The van der Waals surface area contributed by atoms with Gasteiger partial charge in [0.1, 0.15) is 6.54 Å². The summed E-state index contributed by atoms with van der Waals surface area (Å²) >= 11 is 1.75. The molecule has 1 aromatic heterocycles. The summed E-state index contributed by atoms with van der Waals surface area (Å²) in [7, 11) is 0. The number of hydrogen-bond donors (Lipinski definition) is 1. The van der Waals surface area contributed by atoms with Crippen LogP contribution in [0.4, 0.5) is 10.5 Å². The maximum absolute atomic E-state index is 13.6. The van der Waals surface area contributed by atoms with Gasteiger partial charge in [-0.1, -0.05) is 42.5 Å². The van der Waals surface area contributed by atoms with Gasteiger partial charge in [-0.25, -0.2) is 4.79 Å². The second kappa shape index (κ2) is 9.79. The highest BCUT2D eigenvalue weighted by atomic mass is 32.1.